The molecule has 0 unspecified atom stereocenters. The van der Waals surface area contributed by atoms with Crippen molar-refractivity contribution in [3.8, 4) is 0 Å². The van der Waals surface area contributed by atoms with Gasteiger partial charge in [0.05, 0.1) is 10.2 Å². The summed E-state index contributed by atoms with van der Waals surface area (Å²) in [6.07, 6.45) is 1.24. The molecule has 0 bridgehead atoms. The molecule has 2 heterocycles. The zero-order valence-electron chi connectivity index (χ0n) is 22.1. The lowest BCUT2D eigenvalue weighted by Gasteiger charge is -2.39. The first kappa shape index (κ1) is 25.2. The van der Waals surface area contributed by atoms with E-state index in [-0.39, 0.29) is 17.1 Å². The highest BCUT2D eigenvalue weighted by atomic mass is 32.1. The number of aromatic nitrogens is 1. The standard InChI is InChI=1S/C30H34N4O2S/c1-6-34(7-2)20-14-12-19(13-15-20)26-25(18(3)31-22-16-30(4,5)17-23(35)27(22)26)28(36)33-29-32-21-10-8-9-11-24(21)37-29/h8-15,26,31H,6-7,16-17H2,1-5H3,(H,32,33,36)/t26-/m0/s1. The number of benzene rings is 2. The van der Waals surface area contributed by atoms with Crippen LogP contribution in [0.2, 0.25) is 0 Å². The summed E-state index contributed by atoms with van der Waals surface area (Å²) in [4.78, 5) is 34.3. The predicted molar refractivity (Wildman–Crippen MR) is 152 cm³/mol. The normalized spacial score (nSPS) is 19.1. The van der Waals surface area contributed by atoms with Crippen molar-refractivity contribution in [3.05, 3.63) is 76.6 Å². The number of para-hydroxylation sites is 1. The van der Waals surface area contributed by atoms with Crippen LogP contribution in [0, 0.1) is 5.41 Å². The van der Waals surface area contributed by atoms with E-state index in [2.05, 4.69) is 72.5 Å². The number of allylic oxidation sites excluding steroid dienone is 3. The third-order valence-electron chi connectivity index (χ3n) is 7.35. The molecule has 1 aliphatic carbocycles. The molecule has 0 spiro atoms. The van der Waals surface area contributed by atoms with Gasteiger partial charge in [-0.25, -0.2) is 4.98 Å². The third kappa shape index (κ3) is 4.80. The molecule has 37 heavy (non-hydrogen) atoms. The van der Waals surface area contributed by atoms with E-state index >= 15 is 0 Å². The molecule has 3 aromatic rings. The highest BCUT2D eigenvalue weighted by Crippen LogP contribution is 2.47. The highest BCUT2D eigenvalue weighted by molar-refractivity contribution is 7.22. The van der Waals surface area contributed by atoms with Crippen molar-refractivity contribution in [1.82, 2.24) is 10.3 Å². The van der Waals surface area contributed by atoms with Crippen LogP contribution in [0.15, 0.2) is 71.1 Å². The molecule has 2 N–H and O–H groups in total. The van der Waals surface area contributed by atoms with Crippen LogP contribution in [-0.4, -0.2) is 29.8 Å². The van der Waals surface area contributed by atoms with Gasteiger partial charge in [0.1, 0.15) is 0 Å². The fraction of sp³-hybridized carbons (Fsp3) is 0.367. The fourth-order valence-electron chi connectivity index (χ4n) is 5.63. The maximum atomic E-state index is 13.8. The van der Waals surface area contributed by atoms with Crippen LogP contribution >= 0.6 is 11.3 Å². The van der Waals surface area contributed by atoms with Gasteiger partial charge in [0, 0.05) is 53.7 Å². The van der Waals surface area contributed by atoms with Gasteiger partial charge in [-0.05, 0) is 62.4 Å². The second kappa shape index (κ2) is 9.78. The van der Waals surface area contributed by atoms with Gasteiger partial charge in [0.2, 0.25) is 0 Å². The predicted octanol–water partition coefficient (Wildman–Crippen LogP) is 6.39. The summed E-state index contributed by atoms with van der Waals surface area (Å²) in [6.45, 7) is 12.3. The average molecular weight is 515 g/mol. The lowest BCUT2D eigenvalue weighted by atomic mass is 9.68. The lowest BCUT2D eigenvalue weighted by Crippen LogP contribution is -2.39. The minimum atomic E-state index is -0.431. The van der Waals surface area contributed by atoms with Crippen molar-refractivity contribution >= 4 is 44.1 Å². The third-order valence-corrected chi connectivity index (χ3v) is 8.31. The van der Waals surface area contributed by atoms with Crippen LogP contribution in [0.3, 0.4) is 0 Å². The second-order valence-corrected chi connectivity index (χ2v) is 11.7. The molecule has 2 aromatic carbocycles. The quantitative estimate of drug-likeness (QED) is 0.399. The zero-order valence-corrected chi connectivity index (χ0v) is 23.0. The number of thiazole rings is 1. The van der Waals surface area contributed by atoms with Gasteiger partial charge in [-0.2, -0.15) is 0 Å². The minimum Gasteiger partial charge on any atom is -0.372 e. The maximum absolute atomic E-state index is 13.8. The zero-order chi connectivity index (χ0) is 26.3. The Morgan fingerprint density at radius 3 is 2.49 bits per heavy atom. The van der Waals surface area contributed by atoms with E-state index < -0.39 is 5.92 Å². The van der Waals surface area contributed by atoms with Crippen LogP contribution in [0.25, 0.3) is 10.2 Å². The number of amides is 1. The Hall–Kier alpha value is -3.45. The summed E-state index contributed by atoms with van der Waals surface area (Å²) in [5, 5.41) is 7.04. The van der Waals surface area contributed by atoms with E-state index in [0.717, 1.165) is 57.9 Å². The van der Waals surface area contributed by atoms with Crippen LogP contribution in [0.5, 0.6) is 0 Å². The fourth-order valence-corrected chi connectivity index (χ4v) is 6.49. The molecule has 0 saturated carbocycles. The number of ketones is 1. The van der Waals surface area contributed by atoms with E-state index in [1.807, 2.05) is 31.2 Å². The molecule has 1 amide bonds. The van der Waals surface area contributed by atoms with Gasteiger partial charge in [-0.15, -0.1) is 0 Å². The van der Waals surface area contributed by atoms with Crippen molar-refractivity contribution in [2.75, 3.05) is 23.3 Å². The van der Waals surface area contributed by atoms with Crippen molar-refractivity contribution in [1.29, 1.82) is 0 Å². The number of dihydropyridines is 1. The minimum absolute atomic E-state index is 0.106. The topological polar surface area (TPSA) is 74.3 Å². The van der Waals surface area contributed by atoms with Crippen molar-refractivity contribution in [2.45, 2.75) is 53.4 Å². The molecule has 0 fully saturated rings. The Labute approximate surface area is 222 Å². The van der Waals surface area contributed by atoms with Crippen molar-refractivity contribution in [3.63, 3.8) is 0 Å². The van der Waals surface area contributed by atoms with Crippen molar-refractivity contribution < 1.29 is 9.59 Å². The van der Waals surface area contributed by atoms with Crippen LogP contribution in [0.4, 0.5) is 10.8 Å². The second-order valence-electron chi connectivity index (χ2n) is 10.6. The SMILES string of the molecule is CCN(CC)c1ccc([C@H]2C(C(=O)Nc3nc4ccccc4s3)=C(C)NC3=C2C(=O)CC(C)(C)C3)cc1. The number of carbonyl (C=O) groups excluding carboxylic acids is 2. The number of hydrogen-bond donors (Lipinski definition) is 2. The number of nitrogens with one attached hydrogen (secondary N) is 2. The van der Waals surface area contributed by atoms with Gasteiger partial charge in [-0.3, -0.25) is 14.9 Å². The first-order chi connectivity index (χ1) is 17.7. The molecule has 2 aliphatic rings. The molecule has 1 aromatic heterocycles. The highest BCUT2D eigenvalue weighted by Gasteiger charge is 2.42. The molecule has 7 heteroatoms. The number of nitrogens with zero attached hydrogens (tertiary/aromatic N) is 2. The smallest absolute Gasteiger partial charge is 0.256 e. The maximum Gasteiger partial charge on any atom is 0.256 e. The van der Waals surface area contributed by atoms with Gasteiger partial charge in [-0.1, -0.05) is 49.4 Å². The van der Waals surface area contributed by atoms with Crippen LogP contribution < -0.4 is 15.5 Å². The molecule has 1 aliphatic heterocycles. The molecule has 6 nitrogen and oxygen atoms in total. The average Bonchev–Trinajstić information content (AvgIpc) is 3.25. The van der Waals surface area contributed by atoms with E-state index in [1.54, 1.807) is 0 Å². The van der Waals surface area contributed by atoms with Gasteiger partial charge in [0.25, 0.3) is 5.91 Å². The van der Waals surface area contributed by atoms with Crippen molar-refractivity contribution in [2.24, 2.45) is 5.41 Å². The molecular weight excluding hydrogens is 480 g/mol. The summed E-state index contributed by atoms with van der Waals surface area (Å²) >= 11 is 1.45. The number of hydrogen-bond acceptors (Lipinski definition) is 6. The molecule has 0 saturated heterocycles. The number of rotatable bonds is 6. The number of Topliss-reactive ketones (excluding diaryl/α,β-unsaturated/α-hetero) is 1. The molecule has 5 rings (SSSR count). The first-order valence-corrected chi connectivity index (χ1v) is 13.8. The number of anilines is 2. The van der Waals surface area contributed by atoms with Crippen LogP contribution in [0.1, 0.15) is 58.9 Å². The van der Waals surface area contributed by atoms with E-state index in [9.17, 15) is 9.59 Å². The van der Waals surface area contributed by atoms with Gasteiger partial charge >= 0.3 is 0 Å². The van der Waals surface area contributed by atoms with Gasteiger partial charge in [0.15, 0.2) is 10.9 Å². The van der Waals surface area contributed by atoms with E-state index in [1.165, 1.54) is 11.3 Å². The molecule has 0 radical (unpaired) electrons. The van der Waals surface area contributed by atoms with Crippen LogP contribution in [-0.2, 0) is 9.59 Å². The van der Waals surface area contributed by atoms with E-state index in [0.29, 0.717) is 17.1 Å². The van der Waals surface area contributed by atoms with Gasteiger partial charge < -0.3 is 10.2 Å². The Kier molecular flexibility index (Phi) is 6.67. The van der Waals surface area contributed by atoms with E-state index in [4.69, 9.17) is 0 Å². The first-order valence-electron chi connectivity index (χ1n) is 13.0. The summed E-state index contributed by atoms with van der Waals surface area (Å²) in [7, 11) is 0. The number of carbonyl (C=O) groups is 2. The summed E-state index contributed by atoms with van der Waals surface area (Å²) in [6, 6.07) is 16.2. The Morgan fingerprint density at radius 2 is 1.81 bits per heavy atom. The molecule has 192 valence electrons. The monoisotopic (exact) mass is 514 g/mol. The summed E-state index contributed by atoms with van der Waals surface area (Å²) in [5.41, 5.74) is 5.82. The lowest BCUT2D eigenvalue weighted by molar-refractivity contribution is -0.118. The Morgan fingerprint density at radius 1 is 1.11 bits per heavy atom. The largest absolute Gasteiger partial charge is 0.372 e. The summed E-state index contributed by atoms with van der Waals surface area (Å²) < 4.78 is 1.02. The molecule has 1 atom stereocenters. The molecular formula is C30H34N4O2S. The number of fused-ring (bicyclic) bond motifs is 1. The summed E-state index contributed by atoms with van der Waals surface area (Å²) in [5.74, 6) is -0.555. The Bertz CT molecular complexity index is 1390. The Balaban J connectivity index is 1.56.